The van der Waals surface area contributed by atoms with Gasteiger partial charge in [0.25, 0.3) is 0 Å². The highest BCUT2D eigenvalue weighted by molar-refractivity contribution is 5.53. The summed E-state index contributed by atoms with van der Waals surface area (Å²) >= 11 is 0. The highest BCUT2D eigenvalue weighted by atomic mass is 16.3. The van der Waals surface area contributed by atoms with E-state index in [0.29, 0.717) is 6.54 Å². The van der Waals surface area contributed by atoms with E-state index < -0.39 is 12.6 Å². The Morgan fingerprint density at radius 1 is 1.09 bits per heavy atom. The Labute approximate surface area is 133 Å². The van der Waals surface area contributed by atoms with Crippen LogP contribution in [0.2, 0.25) is 0 Å². The lowest BCUT2D eigenvalue weighted by Gasteiger charge is -2.38. The average molecular weight is 307 g/mol. The van der Waals surface area contributed by atoms with Crippen LogP contribution in [0, 0.1) is 0 Å². The molecule has 2 unspecified atom stereocenters. The summed E-state index contributed by atoms with van der Waals surface area (Å²) in [5, 5.41) is 27.0. The highest BCUT2D eigenvalue weighted by Gasteiger charge is 2.30. The van der Waals surface area contributed by atoms with Crippen LogP contribution in [0.4, 0.5) is 5.69 Å². The summed E-state index contributed by atoms with van der Waals surface area (Å²) in [5.41, 5.74) is 1.62. The van der Waals surface area contributed by atoms with Crippen molar-refractivity contribution in [3.8, 4) is 0 Å². The Morgan fingerprint density at radius 2 is 1.86 bits per heavy atom. The van der Waals surface area contributed by atoms with E-state index in [0.717, 1.165) is 30.8 Å². The Morgan fingerprint density at radius 3 is 2.68 bits per heavy atom. The maximum atomic E-state index is 10.4. The minimum Gasteiger partial charge on any atom is -0.374 e. The van der Waals surface area contributed by atoms with Gasteiger partial charge in [0.2, 0.25) is 0 Å². The van der Waals surface area contributed by atoms with E-state index in [1.807, 2.05) is 24.3 Å². The number of anilines is 1. The number of aliphatic hydroxyl groups excluding tert-OH is 2. The summed E-state index contributed by atoms with van der Waals surface area (Å²) in [6.07, 6.45) is 4.38. The second-order valence-electron chi connectivity index (χ2n) is 5.88. The molecule has 1 aromatic carbocycles. The number of para-hydroxylation sites is 1. The lowest BCUT2D eigenvalue weighted by molar-refractivity contribution is -0.0979. The van der Waals surface area contributed by atoms with Crippen LogP contribution < -0.4 is 10.6 Å². The first-order chi connectivity index (χ1) is 10.7. The molecule has 0 saturated carbocycles. The molecule has 0 spiro atoms. The molecule has 1 heterocycles. The highest BCUT2D eigenvalue weighted by Crippen LogP contribution is 2.31. The molecule has 2 atom stereocenters. The summed E-state index contributed by atoms with van der Waals surface area (Å²) in [5.74, 6) is 0. The van der Waals surface area contributed by atoms with Crippen LogP contribution >= 0.6 is 0 Å². The van der Waals surface area contributed by atoms with Crippen molar-refractivity contribution < 1.29 is 10.2 Å². The number of aliphatic hydroxyl groups is 2. The molecule has 4 N–H and O–H groups in total. The van der Waals surface area contributed by atoms with Crippen molar-refractivity contribution in [1.82, 2.24) is 10.2 Å². The third-order valence-corrected chi connectivity index (χ3v) is 4.13. The van der Waals surface area contributed by atoms with Crippen molar-refractivity contribution in [2.45, 2.75) is 51.6 Å². The molecule has 0 fully saturated rings. The quantitative estimate of drug-likeness (QED) is 0.527. The number of fused-ring (bicyclic) bond motifs is 1. The fraction of sp³-hybridized carbons (Fsp3) is 0.647. The predicted molar refractivity (Wildman–Crippen MR) is 89.4 cm³/mol. The molecular weight excluding hydrogens is 278 g/mol. The molecule has 0 radical (unpaired) electrons. The molecule has 5 nitrogen and oxygen atoms in total. The molecule has 0 bridgehead atoms. The third kappa shape index (κ3) is 4.68. The van der Waals surface area contributed by atoms with Crippen molar-refractivity contribution >= 4 is 5.69 Å². The minimum atomic E-state index is -0.838. The topological polar surface area (TPSA) is 67.8 Å². The molecule has 0 aliphatic carbocycles. The minimum absolute atomic E-state index is 0.644. The van der Waals surface area contributed by atoms with Crippen molar-refractivity contribution in [2.75, 3.05) is 25.0 Å². The Bertz CT molecular complexity index is 442. The molecule has 2 rings (SSSR count). The van der Waals surface area contributed by atoms with Crippen LogP contribution in [0.1, 0.15) is 50.8 Å². The molecule has 1 aliphatic heterocycles. The third-order valence-electron chi connectivity index (χ3n) is 4.13. The number of hydrogen-bond acceptors (Lipinski definition) is 5. The summed E-state index contributed by atoms with van der Waals surface area (Å²) < 4.78 is 0. The number of nitrogens with one attached hydrogen (secondary N) is 2. The summed E-state index contributed by atoms with van der Waals surface area (Å²) in [6, 6.07) is 7.55. The maximum Gasteiger partial charge on any atom is 0.186 e. The molecule has 0 amide bonds. The summed E-state index contributed by atoms with van der Waals surface area (Å²) in [7, 11) is 0. The molecule has 22 heavy (non-hydrogen) atoms. The summed E-state index contributed by atoms with van der Waals surface area (Å²) in [4.78, 5) is 1.68. The van der Waals surface area contributed by atoms with Crippen LogP contribution in [0.15, 0.2) is 24.3 Å². The first kappa shape index (κ1) is 17.2. The normalized spacial score (nSPS) is 21.4. The van der Waals surface area contributed by atoms with Gasteiger partial charge in [-0.25, -0.2) is 4.90 Å². The van der Waals surface area contributed by atoms with Gasteiger partial charge < -0.3 is 20.8 Å². The second kappa shape index (κ2) is 9.10. The van der Waals surface area contributed by atoms with Gasteiger partial charge in [-0.15, -0.1) is 0 Å². The fourth-order valence-corrected chi connectivity index (χ4v) is 2.82. The zero-order chi connectivity index (χ0) is 15.8. The van der Waals surface area contributed by atoms with E-state index in [4.69, 9.17) is 0 Å². The van der Waals surface area contributed by atoms with E-state index in [1.54, 1.807) is 4.90 Å². The van der Waals surface area contributed by atoms with Gasteiger partial charge in [-0.1, -0.05) is 44.4 Å². The lowest BCUT2D eigenvalue weighted by atomic mass is 10.1. The summed E-state index contributed by atoms with van der Waals surface area (Å²) in [6.45, 7) is 4.82. The molecular formula is C17H29N3O2. The van der Waals surface area contributed by atoms with Crippen molar-refractivity contribution in [3.63, 3.8) is 0 Å². The zero-order valence-corrected chi connectivity index (χ0v) is 13.5. The van der Waals surface area contributed by atoms with Crippen molar-refractivity contribution in [2.24, 2.45) is 0 Å². The monoisotopic (exact) mass is 307 g/mol. The van der Waals surface area contributed by atoms with E-state index in [2.05, 4.69) is 17.6 Å². The number of hydrogen-bond donors (Lipinski definition) is 4. The molecule has 0 aromatic heterocycles. The van der Waals surface area contributed by atoms with Crippen LogP contribution in [-0.2, 0) is 0 Å². The maximum absolute atomic E-state index is 10.4. The molecule has 1 aliphatic rings. The van der Waals surface area contributed by atoms with E-state index in [1.165, 1.54) is 25.7 Å². The molecule has 5 heteroatoms. The van der Waals surface area contributed by atoms with Gasteiger partial charge in [-0.3, -0.25) is 0 Å². The van der Waals surface area contributed by atoms with Gasteiger partial charge in [0.15, 0.2) is 6.35 Å². The van der Waals surface area contributed by atoms with Crippen molar-refractivity contribution in [3.05, 3.63) is 29.8 Å². The molecule has 124 valence electrons. The lowest BCUT2D eigenvalue weighted by Crippen LogP contribution is -2.47. The van der Waals surface area contributed by atoms with Gasteiger partial charge in [-0.05, 0) is 32.0 Å². The van der Waals surface area contributed by atoms with E-state index in [9.17, 15) is 10.2 Å². The number of nitrogens with zero attached hydrogens (tertiary/aromatic N) is 1. The van der Waals surface area contributed by atoms with Gasteiger partial charge in [-0.2, -0.15) is 0 Å². The van der Waals surface area contributed by atoms with Crippen molar-refractivity contribution in [1.29, 1.82) is 0 Å². The SMILES string of the molecule is CCCCCCNCCCN1C(O)Nc2ccccc2C1O. The molecule has 0 saturated heterocycles. The number of unbranched alkanes of at least 4 members (excludes halogenated alkanes) is 3. The van der Waals surface area contributed by atoms with Crippen LogP contribution in [-0.4, -0.2) is 41.1 Å². The van der Waals surface area contributed by atoms with Gasteiger partial charge in [0.05, 0.1) is 0 Å². The Hall–Kier alpha value is -1.14. The zero-order valence-electron chi connectivity index (χ0n) is 13.5. The van der Waals surface area contributed by atoms with Gasteiger partial charge >= 0.3 is 0 Å². The Kier molecular flexibility index (Phi) is 7.12. The smallest absolute Gasteiger partial charge is 0.186 e. The molecule has 1 aromatic rings. The largest absolute Gasteiger partial charge is 0.374 e. The second-order valence-corrected chi connectivity index (χ2v) is 5.88. The standard InChI is InChI=1S/C17H29N3O2/c1-2-3-4-7-11-18-12-8-13-20-16(21)14-9-5-6-10-15(14)19-17(20)22/h5-6,9-10,16-19,21-22H,2-4,7-8,11-13H2,1H3. The van der Waals surface area contributed by atoms with Gasteiger partial charge in [0.1, 0.15) is 6.23 Å². The van der Waals surface area contributed by atoms with E-state index >= 15 is 0 Å². The fourth-order valence-electron chi connectivity index (χ4n) is 2.82. The number of rotatable bonds is 9. The first-order valence-corrected chi connectivity index (χ1v) is 8.42. The number of benzene rings is 1. The van der Waals surface area contributed by atoms with E-state index in [-0.39, 0.29) is 0 Å². The van der Waals surface area contributed by atoms with Gasteiger partial charge in [0, 0.05) is 17.8 Å². The van der Waals surface area contributed by atoms with Crippen LogP contribution in [0.3, 0.4) is 0 Å². The Balaban J connectivity index is 1.70. The van der Waals surface area contributed by atoms with Crippen LogP contribution in [0.25, 0.3) is 0 Å². The van der Waals surface area contributed by atoms with Crippen LogP contribution in [0.5, 0.6) is 0 Å². The average Bonchev–Trinajstić information content (AvgIpc) is 2.52. The predicted octanol–water partition coefficient (Wildman–Crippen LogP) is 2.24. The first-order valence-electron chi connectivity index (χ1n) is 8.42.